The highest BCUT2D eigenvalue weighted by atomic mass is 16.6. The van der Waals surface area contributed by atoms with Crippen LogP contribution in [-0.2, 0) is 28.6 Å². The van der Waals surface area contributed by atoms with Crippen molar-refractivity contribution < 1.29 is 28.6 Å². The summed E-state index contributed by atoms with van der Waals surface area (Å²) in [5.41, 5.74) is 0. The van der Waals surface area contributed by atoms with Crippen LogP contribution in [0.3, 0.4) is 0 Å². The normalized spacial score (nSPS) is 12.8. The van der Waals surface area contributed by atoms with Crippen LogP contribution in [0.2, 0.25) is 0 Å². The Hall–Kier alpha value is -3.41. The number of carbonyl (C=O) groups excluding carboxylic acids is 3. The number of rotatable bonds is 44. The fourth-order valence-corrected chi connectivity index (χ4v) is 6.55. The van der Waals surface area contributed by atoms with Crippen molar-refractivity contribution >= 4 is 17.9 Å². The second-order valence-corrected chi connectivity index (χ2v) is 16.3. The molecule has 0 bridgehead atoms. The molecule has 0 saturated heterocycles. The second-order valence-electron chi connectivity index (χ2n) is 16.3. The van der Waals surface area contributed by atoms with Gasteiger partial charge < -0.3 is 14.2 Å². The first kappa shape index (κ1) is 57.6. The van der Waals surface area contributed by atoms with Crippen LogP contribution in [-0.4, -0.2) is 37.2 Å². The average molecular weight is 849 g/mol. The van der Waals surface area contributed by atoms with E-state index in [9.17, 15) is 14.4 Å². The van der Waals surface area contributed by atoms with Gasteiger partial charge in [0.25, 0.3) is 0 Å². The molecule has 1 atom stereocenters. The molecule has 0 aromatic rings. The van der Waals surface area contributed by atoms with E-state index < -0.39 is 6.10 Å². The molecule has 0 aromatic heterocycles. The van der Waals surface area contributed by atoms with E-state index in [1.807, 2.05) is 0 Å². The molecule has 348 valence electrons. The van der Waals surface area contributed by atoms with E-state index >= 15 is 0 Å². The maximum Gasteiger partial charge on any atom is 0.306 e. The Balaban J connectivity index is 4.47. The minimum atomic E-state index is -0.796. The Bertz CT molecular complexity index is 1200. The van der Waals surface area contributed by atoms with E-state index in [2.05, 4.69) is 106 Å². The fraction of sp³-hybridized carbons (Fsp3) is 0.691. The monoisotopic (exact) mass is 849 g/mol. The minimum Gasteiger partial charge on any atom is -0.462 e. The zero-order valence-corrected chi connectivity index (χ0v) is 39.7. The summed E-state index contributed by atoms with van der Waals surface area (Å²) in [5, 5.41) is 0. The molecule has 0 amide bonds. The summed E-state index contributed by atoms with van der Waals surface area (Å²) in [5.74, 6) is -0.943. The van der Waals surface area contributed by atoms with E-state index in [0.717, 1.165) is 148 Å². The predicted molar refractivity (Wildman–Crippen MR) is 261 cm³/mol. The molecule has 0 aliphatic rings. The van der Waals surface area contributed by atoms with Crippen molar-refractivity contribution in [1.82, 2.24) is 0 Å². The van der Waals surface area contributed by atoms with Crippen LogP contribution in [0.25, 0.3) is 0 Å². The minimum absolute atomic E-state index is 0.0962. The second kappa shape index (κ2) is 49.2. The highest BCUT2D eigenvalue weighted by Crippen LogP contribution is 2.13. The first-order valence-corrected chi connectivity index (χ1v) is 25.1. The zero-order valence-electron chi connectivity index (χ0n) is 39.7. The van der Waals surface area contributed by atoms with Gasteiger partial charge in [0.05, 0.1) is 0 Å². The molecule has 0 spiro atoms. The first-order chi connectivity index (χ1) is 30.0. The number of hydrogen-bond acceptors (Lipinski definition) is 6. The van der Waals surface area contributed by atoms with Gasteiger partial charge in [-0.2, -0.15) is 0 Å². The molecule has 0 N–H and O–H groups in total. The molecule has 0 radical (unpaired) electrons. The average Bonchev–Trinajstić information content (AvgIpc) is 3.26. The zero-order chi connectivity index (χ0) is 44.4. The van der Waals surface area contributed by atoms with Gasteiger partial charge in [0, 0.05) is 19.3 Å². The molecule has 0 saturated carbocycles. The molecule has 0 aliphatic heterocycles. The molecule has 0 aromatic carbocycles. The van der Waals surface area contributed by atoms with Crippen LogP contribution >= 0.6 is 0 Å². The molecule has 0 unspecified atom stereocenters. The van der Waals surface area contributed by atoms with Crippen LogP contribution in [0.5, 0.6) is 0 Å². The third-order valence-electron chi connectivity index (χ3n) is 10.4. The molecular weight excluding hydrogens is 757 g/mol. The van der Waals surface area contributed by atoms with Gasteiger partial charge in [0.2, 0.25) is 0 Å². The van der Waals surface area contributed by atoms with Crippen molar-refractivity contribution in [3.8, 4) is 0 Å². The van der Waals surface area contributed by atoms with Gasteiger partial charge in [-0.05, 0) is 103 Å². The maximum absolute atomic E-state index is 12.8. The molecule has 6 heteroatoms. The molecule has 0 fully saturated rings. The van der Waals surface area contributed by atoms with Crippen molar-refractivity contribution in [3.63, 3.8) is 0 Å². The van der Waals surface area contributed by atoms with E-state index in [1.54, 1.807) is 0 Å². The number of carbonyl (C=O) groups is 3. The molecule has 0 aliphatic carbocycles. The Morgan fingerprint density at radius 1 is 0.344 bits per heavy atom. The summed E-state index contributed by atoms with van der Waals surface area (Å²) < 4.78 is 16.7. The fourth-order valence-electron chi connectivity index (χ4n) is 6.55. The summed E-state index contributed by atoms with van der Waals surface area (Å²) in [6.45, 7) is 6.39. The SMILES string of the molecule is CC/C=C/C/C=C/C/C=C/CCCCCCCC(=O)OC[C@@H](COC(=O)CCCCCCC/C=C/C/C=C/CCCC)OC(=O)CCCCCCC/C=C/C/C=C/CCCC. The van der Waals surface area contributed by atoms with Crippen LogP contribution < -0.4 is 0 Å². The Kier molecular flexibility index (Phi) is 46.5. The first-order valence-electron chi connectivity index (χ1n) is 25.1. The summed E-state index contributed by atoms with van der Waals surface area (Å²) in [4.78, 5) is 37.9. The Morgan fingerprint density at radius 3 is 1.00 bits per heavy atom. The molecule has 6 nitrogen and oxygen atoms in total. The van der Waals surface area contributed by atoms with Gasteiger partial charge in [-0.3, -0.25) is 14.4 Å². The molecular formula is C55H92O6. The number of allylic oxidation sites excluding steroid dienone is 14. The van der Waals surface area contributed by atoms with Gasteiger partial charge in [-0.25, -0.2) is 0 Å². The summed E-state index contributed by atoms with van der Waals surface area (Å²) in [6.07, 6.45) is 62.7. The highest BCUT2D eigenvalue weighted by Gasteiger charge is 2.19. The quantitative estimate of drug-likeness (QED) is 0.0263. The topological polar surface area (TPSA) is 78.9 Å². The highest BCUT2D eigenvalue weighted by molar-refractivity contribution is 5.71. The van der Waals surface area contributed by atoms with E-state index in [0.29, 0.717) is 19.3 Å². The van der Waals surface area contributed by atoms with E-state index in [-0.39, 0.29) is 31.1 Å². The van der Waals surface area contributed by atoms with Crippen molar-refractivity contribution in [2.75, 3.05) is 13.2 Å². The lowest BCUT2D eigenvalue weighted by Crippen LogP contribution is -2.30. The lowest BCUT2D eigenvalue weighted by molar-refractivity contribution is -0.167. The standard InChI is InChI=1S/C55H92O6/c1-4-7-10-13-16-19-22-25-28-31-33-36-39-42-45-48-54(57)60-51-52(61-55(58)49-46-43-40-37-34-30-27-24-21-18-15-12-9-6-3)50-59-53(56)47-44-41-38-35-32-29-26-23-20-17-14-11-8-5-2/h7,10,14-19,23-28,52H,4-6,8-9,11-13,20-22,29-51H2,1-3H3/b10-7+,17-14+,18-15+,19-16+,26-23+,27-24+,28-25+/t52-/m1/s1. The largest absolute Gasteiger partial charge is 0.462 e. The van der Waals surface area contributed by atoms with Crippen LogP contribution in [0, 0.1) is 0 Å². The Labute approximate surface area is 375 Å². The Morgan fingerprint density at radius 2 is 0.639 bits per heavy atom. The van der Waals surface area contributed by atoms with E-state index in [1.165, 1.54) is 38.5 Å². The smallest absolute Gasteiger partial charge is 0.306 e. The number of ether oxygens (including phenoxy) is 3. The van der Waals surface area contributed by atoms with Crippen molar-refractivity contribution in [3.05, 3.63) is 85.1 Å². The van der Waals surface area contributed by atoms with Crippen LogP contribution in [0.4, 0.5) is 0 Å². The lowest BCUT2D eigenvalue weighted by atomic mass is 10.1. The van der Waals surface area contributed by atoms with E-state index in [4.69, 9.17) is 14.2 Å². The summed E-state index contributed by atoms with van der Waals surface area (Å²) in [7, 11) is 0. The van der Waals surface area contributed by atoms with Gasteiger partial charge in [-0.15, -0.1) is 0 Å². The third kappa shape index (κ3) is 47.5. The van der Waals surface area contributed by atoms with Crippen LogP contribution in [0.15, 0.2) is 85.1 Å². The summed E-state index contributed by atoms with van der Waals surface area (Å²) >= 11 is 0. The van der Waals surface area contributed by atoms with Crippen LogP contribution in [0.1, 0.15) is 226 Å². The van der Waals surface area contributed by atoms with Crippen molar-refractivity contribution in [1.29, 1.82) is 0 Å². The maximum atomic E-state index is 12.8. The molecule has 0 heterocycles. The number of unbranched alkanes of at least 4 members (excludes halogenated alkanes) is 19. The van der Waals surface area contributed by atoms with Crippen molar-refractivity contribution in [2.45, 2.75) is 232 Å². The van der Waals surface area contributed by atoms with Gasteiger partial charge in [0.1, 0.15) is 13.2 Å². The van der Waals surface area contributed by atoms with Crippen molar-refractivity contribution in [2.24, 2.45) is 0 Å². The lowest BCUT2D eigenvalue weighted by Gasteiger charge is -2.18. The number of hydrogen-bond donors (Lipinski definition) is 0. The van der Waals surface area contributed by atoms with Gasteiger partial charge >= 0.3 is 17.9 Å². The van der Waals surface area contributed by atoms with Gasteiger partial charge in [-0.1, -0.05) is 189 Å². The predicted octanol–water partition coefficient (Wildman–Crippen LogP) is 16.4. The molecule has 0 rings (SSSR count). The van der Waals surface area contributed by atoms with Gasteiger partial charge in [0.15, 0.2) is 6.10 Å². The molecule has 61 heavy (non-hydrogen) atoms. The third-order valence-corrected chi connectivity index (χ3v) is 10.4. The summed E-state index contributed by atoms with van der Waals surface area (Å²) in [6, 6.07) is 0. The number of esters is 3.